The number of ether oxygens (including phenoxy) is 1. The third-order valence-electron chi connectivity index (χ3n) is 1.75. The van der Waals surface area contributed by atoms with E-state index >= 15 is 0 Å². The van der Waals surface area contributed by atoms with Gasteiger partial charge >= 0.3 is 0 Å². The van der Waals surface area contributed by atoms with Gasteiger partial charge in [-0.2, -0.15) is 0 Å². The van der Waals surface area contributed by atoms with E-state index in [1.807, 2.05) is 6.07 Å². The molecule has 0 spiro atoms. The second kappa shape index (κ2) is 2.93. The van der Waals surface area contributed by atoms with E-state index in [-0.39, 0.29) is 11.9 Å². The molecule has 0 fully saturated rings. The number of hydrogen-bond donors (Lipinski definition) is 0. The highest BCUT2D eigenvalue weighted by Crippen LogP contribution is 2.20. The van der Waals surface area contributed by atoms with E-state index in [0.29, 0.717) is 6.61 Å². The predicted octanol–water partition coefficient (Wildman–Crippen LogP) is 1.80. The van der Waals surface area contributed by atoms with Gasteiger partial charge in [0.05, 0.1) is 0 Å². The van der Waals surface area contributed by atoms with Gasteiger partial charge in [-0.25, -0.2) is 9.38 Å². The topological polar surface area (TPSA) is 21.6 Å². The van der Waals surface area contributed by atoms with E-state index in [9.17, 15) is 4.39 Å². The van der Waals surface area contributed by atoms with Crippen LogP contribution in [-0.4, -0.2) is 13.0 Å². The van der Waals surface area contributed by atoms with Crippen LogP contribution in [0, 0.1) is 5.82 Å². The van der Waals surface area contributed by atoms with Crippen LogP contribution in [0.15, 0.2) is 29.3 Å². The molecule has 1 unspecified atom stereocenters. The second-order valence-electron chi connectivity index (χ2n) is 2.60. The van der Waals surface area contributed by atoms with E-state index in [1.165, 1.54) is 12.1 Å². The van der Waals surface area contributed by atoms with Gasteiger partial charge in [-0.05, 0) is 17.7 Å². The summed E-state index contributed by atoms with van der Waals surface area (Å²) in [6, 6.07) is 6.28. The number of nitrogens with zero attached hydrogens (tertiary/aromatic N) is 1. The normalized spacial score (nSPS) is 20.9. The highest BCUT2D eigenvalue weighted by Gasteiger charge is 2.14. The van der Waals surface area contributed by atoms with Gasteiger partial charge in [0.25, 0.3) is 6.40 Å². The van der Waals surface area contributed by atoms with Crippen LogP contribution in [0.3, 0.4) is 0 Å². The molecule has 0 N–H and O–H groups in total. The third kappa shape index (κ3) is 1.30. The molecular formula is C9H7FNO. The lowest BCUT2D eigenvalue weighted by molar-refractivity contribution is 0.330. The molecule has 0 aliphatic carbocycles. The lowest BCUT2D eigenvalue weighted by atomic mass is 10.1. The fourth-order valence-electron chi connectivity index (χ4n) is 1.14. The number of rotatable bonds is 1. The zero-order chi connectivity index (χ0) is 8.39. The minimum Gasteiger partial charge on any atom is -0.471 e. The van der Waals surface area contributed by atoms with Crippen LogP contribution >= 0.6 is 0 Å². The van der Waals surface area contributed by atoms with Crippen molar-refractivity contribution in [3.05, 3.63) is 35.6 Å². The molecule has 0 amide bonds. The molecule has 0 bridgehead atoms. The van der Waals surface area contributed by atoms with Crippen LogP contribution in [-0.2, 0) is 4.74 Å². The van der Waals surface area contributed by atoms with Gasteiger partial charge in [0.15, 0.2) is 0 Å². The summed E-state index contributed by atoms with van der Waals surface area (Å²) in [6.07, 6.45) is 2.39. The number of aliphatic imine (C=N–C) groups is 1. The molecule has 0 saturated carbocycles. The average molecular weight is 164 g/mol. The molecule has 12 heavy (non-hydrogen) atoms. The Bertz CT molecular complexity index is 311. The molecule has 61 valence electrons. The molecule has 0 aromatic heterocycles. The molecule has 3 heteroatoms. The molecular weight excluding hydrogens is 157 g/mol. The molecule has 1 aliphatic rings. The van der Waals surface area contributed by atoms with Crippen LogP contribution in [0.2, 0.25) is 0 Å². The van der Waals surface area contributed by atoms with E-state index in [4.69, 9.17) is 4.74 Å². The maximum Gasteiger partial charge on any atom is 0.273 e. The molecule has 1 atom stereocenters. The first-order chi connectivity index (χ1) is 5.86. The SMILES string of the molecule is Fc1cccc(C2CO[C]=N2)c1. The maximum atomic E-state index is 12.7. The Kier molecular flexibility index (Phi) is 1.78. The summed E-state index contributed by atoms with van der Waals surface area (Å²) < 4.78 is 17.5. The maximum absolute atomic E-state index is 12.7. The Labute approximate surface area is 69.7 Å². The first-order valence-electron chi connectivity index (χ1n) is 3.68. The fourth-order valence-corrected chi connectivity index (χ4v) is 1.14. The van der Waals surface area contributed by atoms with Crippen molar-refractivity contribution in [2.45, 2.75) is 6.04 Å². The van der Waals surface area contributed by atoms with Crippen LogP contribution in [0.5, 0.6) is 0 Å². The minimum absolute atomic E-state index is 0.0827. The van der Waals surface area contributed by atoms with E-state index in [2.05, 4.69) is 11.4 Å². The summed E-state index contributed by atoms with van der Waals surface area (Å²) in [5.74, 6) is -0.241. The zero-order valence-corrected chi connectivity index (χ0v) is 6.33. The predicted molar refractivity (Wildman–Crippen MR) is 42.5 cm³/mol. The Balaban J connectivity index is 2.27. The summed E-state index contributed by atoms with van der Waals surface area (Å²) >= 11 is 0. The number of benzene rings is 1. The molecule has 1 radical (unpaired) electrons. The molecule has 0 saturated heterocycles. The smallest absolute Gasteiger partial charge is 0.273 e. The molecule has 1 aromatic rings. The first kappa shape index (κ1) is 7.28. The van der Waals surface area contributed by atoms with Crippen molar-refractivity contribution < 1.29 is 9.13 Å². The number of hydrogen-bond acceptors (Lipinski definition) is 2. The van der Waals surface area contributed by atoms with Gasteiger partial charge in [0.2, 0.25) is 0 Å². The van der Waals surface area contributed by atoms with Gasteiger partial charge in [-0.1, -0.05) is 12.1 Å². The molecule has 1 heterocycles. The van der Waals surface area contributed by atoms with Gasteiger partial charge in [-0.15, -0.1) is 0 Å². The molecule has 1 aliphatic heterocycles. The van der Waals surface area contributed by atoms with Gasteiger partial charge in [0.1, 0.15) is 18.5 Å². The van der Waals surface area contributed by atoms with Crippen LogP contribution < -0.4 is 0 Å². The highest BCUT2D eigenvalue weighted by atomic mass is 19.1. The standard InChI is InChI=1S/C9H7FNO/c10-8-3-1-2-7(4-8)9-5-12-6-11-9/h1-4,9H,5H2. The van der Waals surface area contributed by atoms with Crippen LogP contribution in [0.25, 0.3) is 0 Å². The van der Waals surface area contributed by atoms with Crippen molar-refractivity contribution in [3.8, 4) is 0 Å². The van der Waals surface area contributed by atoms with Crippen molar-refractivity contribution in [1.82, 2.24) is 0 Å². The zero-order valence-electron chi connectivity index (χ0n) is 6.33. The second-order valence-corrected chi connectivity index (χ2v) is 2.60. The van der Waals surface area contributed by atoms with E-state index < -0.39 is 0 Å². The van der Waals surface area contributed by atoms with Crippen LogP contribution in [0.4, 0.5) is 4.39 Å². The van der Waals surface area contributed by atoms with E-state index in [1.54, 1.807) is 6.07 Å². The summed E-state index contributed by atoms with van der Waals surface area (Å²) in [5, 5.41) is 0. The van der Waals surface area contributed by atoms with Crippen molar-refractivity contribution in [2.75, 3.05) is 6.61 Å². The van der Waals surface area contributed by atoms with Crippen LogP contribution in [0.1, 0.15) is 11.6 Å². The molecule has 2 nitrogen and oxygen atoms in total. The quantitative estimate of drug-likeness (QED) is 0.620. The Morgan fingerprint density at radius 3 is 3.17 bits per heavy atom. The van der Waals surface area contributed by atoms with Crippen molar-refractivity contribution >= 4 is 6.40 Å². The average Bonchev–Trinajstić information content (AvgIpc) is 2.56. The van der Waals surface area contributed by atoms with Crippen molar-refractivity contribution in [3.63, 3.8) is 0 Å². The summed E-state index contributed by atoms with van der Waals surface area (Å²) in [5.41, 5.74) is 0.833. The molecule has 2 rings (SSSR count). The van der Waals surface area contributed by atoms with Crippen molar-refractivity contribution in [1.29, 1.82) is 0 Å². The number of halogens is 1. The van der Waals surface area contributed by atoms with E-state index in [0.717, 1.165) is 5.56 Å². The summed E-state index contributed by atoms with van der Waals surface area (Å²) in [7, 11) is 0. The first-order valence-corrected chi connectivity index (χ1v) is 3.68. The lowest BCUT2D eigenvalue weighted by Crippen LogP contribution is -1.97. The summed E-state index contributed by atoms with van der Waals surface area (Å²) in [6.45, 7) is 0.462. The van der Waals surface area contributed by atoms with Gasteiger partial charge in [-0.3, -0.25) is 0 Å². The Hall–Kier alpha value is -1.38. The van der Waals surface area contributed by atoms with Gasteiger partial charge in [0, 0.05) is 0 Å². The monoisotopic (exact) mass is 164 g/mol. The van der Waals surface area contributed by atoms with Gasteiger partial charge < -0.3 is 4.74 Å². The fraction of sp³-hybridized carbons (Fsp3) is 0.222. The lowest BCUT2D eigenvalue weighted by Gasteiger charge is -2.04. The summed E-state index contributed by atoms with van der Waals surface area (Å²) in [4.78, 5) is 3.91. The minimum atomic E-state index is -0.241. The third-order valence-corrected chi connectivity index (χ3v) is 1.75. The van der Waals surface area contributed by atoms with Crippen molar-refractivity contribution in [2.24, 2.45) is 4.99 Å². The Morgan fingerprint density at radius 2 is 2.50 bits per heavy atom. The largest absolute Gasteiger partial charge is 0.471 e. The Morgan fingerprint density at radius 1 is 1.58 bits per heavy atom. The highest BCUT2D eigenvalue weighted by molar-refractivity contribution is 5.50. The molecule has 1 aromatic carbocycles.